The molecular weight excluding hydrogens is 170 g/mol. The summed E-state index contributed by atoms with van der Waals surface area (Å²) >= 11 is 0. The van der Waals surface area contributed by atoms with Gasteiger partial charge in [-0.05, 0) is 31.6 Å². The highest BCUT2D eigenvalue weighted by Crippen LogP contribution is 2.34. The highest BCUT2D eigenvalue weighted by atomic mass is 14.9. The Balaban J connectivity index is 2.20. The summed E-state index contributed by atoms with van der Waals surface area (Å²) in [4.78, 5) is 0. The van der Waals surface area contributed by atoms with Gasteiger partial charge in [-0.2, -0.15) is 0 Å². The van der Waals surface area contributed by atoms with Crippen LogP contribution in [-0.4, -0.2) is 12.6 Å². The lowest BCUT2D eigenvalue weighted by molar-refractivity contribution is 0.199. The second-order valence-electron chi connectivity index (χ2n) is 5.09. The summed E-state index contributed by atoms with van der Waals surface area (Å²) in [5.41, 5.74) is 0.548. The first kappa shape index (κ1) is 11.6. The molecule has 1 N–H and O–H groups in total. The third-order valence-electron chi connectivity index (χ3n) is 3.06. The second kappa shape index (κ2) is 5.41. The summed E-state index contributed by atoms with van der Waals surface area (Å²) in [6, 6.07) is 0.734. The zero-order valence-corrected chi connectivity index (χ0v) is 9.82. The lowest BCUT2D eigenvalue weighted by Crippen LogP contribution is -2.37. The van der Waals surface area contributed by atoms with Crippen LogP contribution in [0.4, 0.5) is 0 Å². The van der Waals surface area contributed by atoms with Crippen LogP contribution in [0.25, 0.3) is 0 Å². The summed E-state index contributed by atoms with van der Waals surface area (Å²) in [7, 11) is 0. The molecule has 0 aromatic heterocycles. The molecule has 1 saturated carbocycles. The van der Waals surface area contributed by atoms with Gasteiger partial charge in [0, 0.05) is 19.0 Å². The highest BCUT2D eigenvalue weighted by molar-refractivity contribution is 4.95. The molecule has 1 aliphatic carbocycles. The molecule has 0 radical (unpaired) electrons. The van der Waals surface area contributed by atoms with Crippen LogP contribution in [0.1, 0.15) is 52.9 Å². The van der Waals surface area contributed by atoms with Crippen molar-refractivity contribution in [1.82, 2.24) is 5.32 Å². The Morgan fingerprint density at radius 1 is 1.43 bits per heavy atom. The van der Waals surface area contributed by atoms with Gasteiger partial charge in [0.05, 0.1) is 0 Å². The fraction of sp³-hybridized carbons (Fsp3) is 0.846. The van der Waals surface area contributed by atoms with Gasteiger partial charge in [-0.25, -0.2) is 0 Å². The fourth-order valence-corrected chi connectivity index (χ4v) is 2.34. The Morgan fingerprint density at radius 3 is 2.86 bits per heavy atom. The van der Waals surface area contributed by atoms with Crippen molar-refractivity contribution in [2.24, 2.45) is 5.41 Å². The molecule has 0 aromatic rings. The molecule has 0 bridgehead atoms. The van der Waals surface area contributed by atoms with Crippen LogP contribution in [-0.2, 0) is 0 Å². The fourth-order valence-electron chi connectivity index (χ4n) is 2.34. The highest BCUT2D eigenvalue weighted by Gasteiger charge is 2.27. The van der Waals surface area contributed by atoms with Crippen LogP contribution in [0.2, 0.25) is 0 Å². The van der Waals surface area contributed by atoms with Gasteiger partial charge in [-0.3, -0.25) is 0 Å². The Hall–Kier alpha value is -0.480. The maximum absolute atomic E-state index is 3.61. The molecule has 0 saturated heterocycles. The Kier molecular flexibility index (Phi) is 4.48. The predicted molar refractivity (Wildman–Crippen MR) is 62.1 cm³/mol. The lowest BCUT2D eigenvalue weighted by atomic mass is 9.75. The van der Waals surface area contributed by atoms with Crippen molar-refractivity contribution in [3.05, 3.63) is 0 Å². The Morgan fingerprint density at radius 2 is 2.21 bits per heavy atom. The van der Waals surface area contributed by atoms with Crippen molar-refractivity contribution < 1.29 is 0 Å². The zero-order chi connectivity index (χ0) is 10.4. The summed E-state index contributed by atoms with van der Waals surface area (Å²) in [6.07, 6.45) is 6.44. The maximum Gasteiger partial charge on any atom is 0.0214 e. The van der Waals surface area contributed by atoms with E-state index >= 15 is 0 Å². The van der Waals surface area contributed by atoms with Gasteiger partial charge in [-0.15, -0.1) is 11.8 Å². The third kappa shape index (κ3) is 4.15. The summed E-state index contributed by atoms with van der Waals surface area (Å²) in [6.45, 7) is 7.73. The minimum absolute atomic E-state index is 0.548. The molecule has 1 rings (SSSR count). The SMILES string of the molecule is CC#CCCNC1CCCC(C)(C)C1. The van der Waals surface area contributed by atoms with Crippen LogP contribution < -0.4 is 5.32 Å². The van der Waals surface area contributed by atoms with Gasteiger partial charge in [0.15, 0.2) is 0 Å². The normalized spacial score (nSPS) is 25.2. The van der Waals surface area contributed by atoms with E-state index in [0.29, 0.717) is 5.41 Å². The van der Waals surface area contributed by atoms with E-state index in [1.165, 1.54) is 25.7 Å². The third-order valence-corrected chi connectivity index (χ3v) is 3.06. The van der Waals surface area contributed by atoms with Gasteiger partial charge in [0.2, 0.25) is 0 Å². The Labute approximate surface area is 88.7 Å². The first-order valence-electron chi connectivity index (χ1n) is 5.77. The van der Waals surface area contributed by atoms with E-state index in [9.17, 15) is 0 Å². The van der Waals surface area contributed by atoms with E-state index in [-0.39, 0.29) is 0 Å². The zero-order valence-electron chi connectivity index (χ0n) is 9.82. The van der Waals surface area contributed by atoms with Crippen LogP contribution in [0.5, 0.6) is 0 Å². The molecule has 0 amide bonds. The molecule has 0 aliphatic heterocycles. The van der Waals surface area contributed by atoms with Gasteiger partial charge < -0.3 is 5.32 Å². The first-order valence-corrected chi connectivity index (χ1v) is 5.77. The number of rotatable bonds is 3. The molecule has 14 heavy (non-hydrogen) atoms. The van der Waals surface area contributed by atoms with Gasteiger partial charge in [0.1, 0.15) is 0 Å². The van der Waals surface area contributed by atoms with Crippen molar-refractivity contribution in [3.63, 3.8) is 0 Å². The number of hydrogen-bond donors (Lipinski definition) is 1. The van der Waals surface area contributed by atoms with E-state index in [0.717, 1.165) is 19.0 Å². The molecule has 0 spiro atoms. The van der Waals surface area contributed by atoms with E-state index < -0.39 is 0 Å². The van der Waals surface area contributed by atoms with Crippen LogP contribution in [0.3, 0.4) is 0 Å². The maximum atomic E-state index is 3.61. The van der Waals surface area contributed by atoms with Crippen LogP contribution in [0, 0.1) is 17.3 Å². The van der Waals surface area contributed by atoms with Crippen molar-refractivity contribution in [2.75, 3.05) is 6.54 Å². The molecule has 0 heterocycles. The van der Waals surface area contributed by atoms with Crippen molar-refractivity contribution in [3.8, 4) is 11.8 Å². The van der Waals surface area contributed by atoms with Gasteiger partial charge >= 0.3 is 0 Å². The molecule has 1 heteroatoms. The largest absolute Gasteiger partial charge is 0.313 e. The van der Waals surface area contributed by atoms with Crippen molar-refractivity contribution >= 4 is 0 Å². The minimum Gasteiger partial charge on any atom is -0.313 e. The van der Waals surface area contributed by atoms with Gasteiger partial charge in [-0.1, -0.05) is 20.3 Å². The summed E-state index contributed by atoms with van der Waals surface area (Å²) < 4.78 is 0. The van der Waals surface area contributed by atoms with E-state index in [4.69, 9.17) is 0 Å². The van der Waals surface area contributed by atoms with E-state index in [1.807, 2.05) is 6.92 Å². The second-order valence-corrected chi connectivity index (χ2v) is 5.09. The minimum atomic E-state index is 0.548. The topological polar surface area (TPSA) is 12.0 Å². The standard InChI is InChI=1S/C13H23N/c1-4-5-6-10-14-12-8-7-9-13(2,3)11-12/h12,14H,6-11H2,1-3H3. The number of hydrogen-bond acceptors (Lipinski definition) is 1. The molecule has 1 fully saturated rings. The van der Waals surface area contributed by atoms with Crippen molar-refractivity contribution in [2.45, 2.75) is 58.9 Å². The first-order chi connectivity index (χ1) is 6.64. The summed E-state index contributed by atoms with van der Waals surface area (Å²) in [5.74, 6) is 6.03. The van der Waals surface area contributed by atoms with Gasteiger partial charge in [0.25, 0.3) is 0 Å². The van der Waals surface area contributed by atoms with E-state index in [1.54, 1.807) is 0 Å². The monoisotopic (exact) mass is 193 g/mol. The average Bonchev–Trinajstić information content (AvgIpc) is 2.11. The van der Waals surface area contributed by atoms with E-state index in [2.05, 4.69) is 31.0 Å². The molecule has 1 atom stereocenters. The van der Waals surface area contributed by atoms with Crippen LogP contribution in [0.15, 0.2) is 0 Å². The Bertz CT molecular complexity index is 219. The quantitative estimate of drug-likeness (QED) is 0.537. The molecule has 80 valence electrons. The molecule has 1 aliphatic rings. The molecule has 1 nitrogen and oxygen atoms in total. The van der Waals surface area contributed by atoms with Crippen molar-refractivity contribution in [1.29, 1.82) is 0 Å². The average molecular weight is 193 g/mol. The smallest absolute Gasteiger partial charge is 0.0214 e. The molecule has 0 aromatic carbocycles. The number of nitrogens with one attached hydrogen (secondary N) is 1. The predicted octanol–water partition coefficient (Wildman–Crippen LogP) is 2.96. The molecule has 1 unspecified atom stereocenters. The molecular formula is C13H23N. The lowest BCUT2D eigenvalue weighted by Gasteiger charge is -2.35. The summed E-state index contributed by atoms with van der Waals surface area (Å²) in [5, 5.41) is 3.61. The van der Waals surface area contributed by atoms with Crippen LogP contribution >= 0.6 is 0 Å².